The number of nitrogens with two attached hydrogens (primary N) is 1. The van der Waals surface area contributed by atoms with Gasteiger partial charge in [-0.25, -0.2) is 9.56 Å². The summed E-state index contributed by atoms with van der Waals surface area (Å²) in [5.41, 5.74) is 6.13. The van der Waals surface area contributed by atoms with Crippen LogP contribution in [-0.4, -0.2) is 33.5 Å². The van der Waals surface area contributed by atoms with Crippen LogP contribution < -0.4 is 5.73 Å². The van der Waals surface area contributed by atoms with Crippen LogP contribution in [0.25, 0.3) is 0 Å². The lowest BCUT2D eigenvalue weighted by atomic mass is 9.99. The molecule has 0 fully saturated rings. The van der Waals surface area contributed by atoms with Crippen molar-refractivity contribution in [2.75, 3.05) is 6.54 Å². The van der Waals surface area contributed by atoms with Gasteiger partial charge >= 0.3 is 12.0 Å². The first-order valence-corrected chi connectivity index (χ1v) is 5.68. The van der Waals surface area contributed by atoms with Gasteiger partial charge in [-0.2, -0.15) is 13.2 Å². The first kappa shape index (κ1) is 12.9. The molecule has 0 aliphatic carbocycles. The summed E-state index contributed by atoms with van der Waals surface area (Å²) in [6.45, 7) is 0.597. The van der Waals surface area contributed by atoms with Crippen LogP contribution >= 0.6 is 0 Å². The van der Waals surface area contributed by atoms with E-state index in [9.17, 15) is 13.2 Å². The number of nitrogens with zero attached hydrogens (tertiary/aromatic N) is 3. The molecule has 0 aromatic carbocycles. The highest BCUT2D eigenvalue weighted by atomic mass is 19.4. The van der Waals surface area contributed by atoms with Gasteiger partial charge in [-0.1, -0.05) is 0 Å². The van der Waals surface area contributed by atoms with E-state index < -0.39 is 12.1 Å². The average molecular weight is 259 g/mol. The van der Waals surface area contributed by atoms with Gasteiger partial charge in [-0.15, -0.1) is 0 Å². The van der Waals surface area contributed by atoms with Crippen molar-refractivity contribution in [3.8, 4) is 0 Å². The predicted octanol–water partition coefficient (Wildman–Crippen LogP) is 1.62. The minimum absolute atomic E-state index is 0.00847. The fourth-order valence-electron chi connectivity index (χ4n) is 1.92. The highest BCUT2D eigenvalue weighted by molar-refractivity contribution is 5.54. The van der Waals surface area contributed by atoms with Crippen LogP contribution in [0.15, 0.2) is 12.4 Å². The average Bonchev–Trinajstić information content (AvgIpc) is 2.38. The van der Waals surface area contributed by atoms with Gasteiger partial charge in [0.25, 0.3) is 0 Å². The topological polar surface area (TPSA) is 54.8 Å². The molecule has 0 radical (unpaired) electrons. The van der Waals surface area contributed by atoms with Crippen LogP contribution in [0.2, 0.25) is 0 Å². The van der Waals surface area contributed by atoms with E-state index in [1.54, 1.807) is 16.9 Å². The van der Waals surface area contributed by atoms with E-state index in [0.29, 0.717) is 18.1 Å². The van der Waals surface area contributed by atoms with Gasteiger partial charge < -0.3 is 5.73 Å². The smallest absolute Gasteiger partial charge is 0.325 e. The SMILES string of the molecule is NCc1cc([N+]2=CCC(C(F)(F)F)CC2)ncn1. The molecule has 1 aliphatic rings. The highest BCUT2D eigenvalue weighted by Gasteiger charge is 2.41. The molecule has 7 heteroatoms. The fourth-order valence-corrected chi connectivity index (χ4v) is 1.92. The van der Waals surface area contributed by atoms with Gasteiger partial charge in [-0.05, 0) is 11.4 Å². The Morgan fingerprint density at radius 3 is 2.72 bits per heavy atom. The van der Waals surface area contributed by atoms with Crippen molar-refractivity contribution in [3.05, 3.63) is 18.1 Å². The van der Waals surface area contributed by atoms with Crippen LogP contribution in [0.4, 0.5) is 19.0 Å². The van der Waals surface area contributed by atoms with Gasteiger partial charge in [-0.3, -0.25) is 0 Å². The largest absolute Gasteiger partial charge is 0.392 e. The summed E-state index contributed by atoms with van der Waals surface area (Å²) in [6.07, 6.45) is -1.12. The van der Waals surface area contributed by atoms with Crippen molar-refractivity contribution >= 4 is 12.0 Å². The number of aromatic nitrogens is 2. The number of halogens is 3. The quantitative estimate of drug-likeness (QED) is 0.821. The molecule has 0 saturated carbocycles. The number of rotatable bonds is 2. The first-order valence-electron chi connectivity index (χ1n) is 5.68. The van der Waals surface area contributed by atoms with Crippen LogP contribution in [0.5, 0.6) is 0 Å². The van der Waals surface area contributed by atoms with Crippen molar-refractivity contribution in [2.24, 2.45) is 11.7 Å². The molecule has 0 bridgehead atoms. The molecule has 1 aromatic rings. The van der Waals surface area contributed by atoms with Gasteiger partial charge in [0.05, 0.1) is 30.4 Å². The molecule has 1 aromatic heterocycles. The van der Waals surface area contributed by atoms with Crippen LogP contribution in [-0.2, 0) is 6.54 Å². The molecule has 4 nitrogen and oxygen atoms in total. The van der Waals surface area contributed by atoms with Crippen molar-refractivity contribution in [2.45, 2.75) is 25.6 Å². The van der Waals surface area contributed by atoms with E-state index in [-0.39, 0.29) is 19.4 Å². The summed E-state index contributed by atoms with van der Waals surface area (Å²) in [7, 11) is 0. The lowest BCUT2D eigenvalue weighted by Gasteiger charge is -2.21. The summed E-state index contributed by atoms with van der Waals surface area (Å²) in [5, 5.41) is 0. The summed E-state index contributed by atoms with van der Waals surface area (Å²) < 4.78 is 39.3. The van der Waals surface area contributed by atoms with Crippen molar-refractivity contribution in [3.63, 3.8) is 0 Å². The molecule has 2 heterocycles. The Labute approximate surface area is 102 Å². The summed E-state index contributed by atoms with van der Waals surface area (Å²) in [5.74, 6) is -0.643. The maximum absolute atomic E-state index is 12.5. The zero-order valence-electron chi connectivity index (χ0n) is 9.69. The van der Waals surface area contributed by atoms with E-state index in [1.807, 2.05) is 0 Å². The Balaban J connectivity index is 2.14. The summed E-state index contributed by atoms with van der Waals surface area (Å²) in [6, 6.07) is 1.70. The zero-order chi connectivity index (χ0) is 13.2. The van der Waals surface area contributed by atoms with Crippen LogP contribution in [0.3, 0.4) is 0 Å². The minimum atomic E-state index is -4.11. The Morgan fingerprint density at radius 1 is 1.39 bits per heavy atom. The van der Waals surface area contributed by atoms with E-state index in [4.69, 9.17) is 5.73 Å². The number of hydrogen-bond acceptors (Lipinski definition) is 3. The van der Waals surface area contributed by atoms with Crippen molar-refractivity contribution in [1.82, 2.24) is 9.97 Å². The van der Waals surface area contributed by atoms with Crippen molar-refractivity contribution in [1.29, 1.82) is 0 Å². The van der Waals surface area contributed by atoms with Gasteiger partial charge in [0, 0.05) is 13.0 Å². The molecule has 2 rings (SSSR count). The second-order valence-corrected chi connectivity index (χ2v) is 4.21. The molecule has 2 N–H and O–H groups in total. The first-order chi connectivity index (χ1) is 8.50. The van der Waals surface area contributed by atoms with Gasteiger partial charge in [0.15, 0.2) is 0 Å². The maximum Gasteiger partial charge on any atom is 0.392 e. The highest BCUT2D eigenvalue weighted by Crippen LogP contribution is 2.33. The maximum atomic E-state index is 12.5. The van der Waals surface area contributed by atoms with E-state index >= 15 is 0 Å². The molecule has 1 unspecified atom stereocenters. The molecule has 0 saturated heterocycles. The van der Waals surface area contributed by atoms with Crippen molar-refractivity contribution < 1.29 is 17.7 Å². The monoisotopic (exact) mass is 259 g/mol. The van der Waals surface area contributed by atoms with Gasteiger partial charge in [0.2, 0.25) is 6.33 Å². The third kappa shape index (κ3) is 2.84. The Kier molecular flexibility index (Phi) is 3.60. The minimum Gasteiger partial charge on any atom is -0.325 e. The molecule has 1 aliphatic heterocycles. The standard InChI is InChI=1S/C11H14F3N4/c12-11(13,14)8-1-3-18(4-2-8)10-5-9(6-15)16-7-17-10/h3,5,7-8H,1-2,4,6,15H2/q+1. The van der Waals surface area contributed by atoms with E-state index in [0.717, 1.165) is 0 Å². The Hall–Kier alpha value is -1.50. The second kappa shape index (κ2) is 5.01. The Morgan fingerprint density at radius 2 is 2.17 bits per heavy atom. The molecule has 0 spiro atoms. The number of alkyl halides is 3. The van der Waals surface area contributed by atoms with E-state index in [2.05, 4.69) is 9.97 Å². The third-order valence-corrected chi connectivity index (χ3v) is 3.00. The third-order valence-electron chi connectivity index (χ3n) is 3.00. The van der Waals surface area contributed by atoms with Gasteiger partial charge in [0.1, 0.15) is 0 Å². The molecule has 18 heavy (non-hydrogen) atoms. The predicted molar refractivity (Wildman–Crippen MR) is 59.6 cm³/mol. The lowest BCUT2D eigenvalue weighted by Crippen LogP contribution is -2.31. The Bertz CT molecular complexity index is 456. The van der Waals surface area contributed by atoms with E-state index in [1.165, 1.54) is 6.33 Å². The zero-order valence-corrected chi connectivity index (χ0v) is 9.69. The molecule has 1 atom stereocenters. The lowest BCUT2D eigenvalue weighted by molar-refractivity contribution is -0.452. The molecule has 0 amide bonds. The summed E-state index contributed by atoms with van der Waals surface area (Å²) in [4.78, 5) is 8.00. The normalized spacial score (nSPS) is 20.7. The molecule has 98 valence electrons. The number of hydrogen-bond donors (Lipinski definition) is 1. The van der Waals surface area contributed by atoms with Crippen LogP contribution in [0.1, 0.15) is 18.5 Å². The molecular weight excluding hydrogens is 245 g/mol. The van der Waals surface area contributed by atoms with Crippen LogP contribution in [0, 0.1) is 5.92 Å². The second-order valence-electron chi connectivity index (χ2n) is 4.21. The molecular formula is C11H14F3N4+. The summed E-state index contributed by atoms with van der Waals surface area (Å²) >= 11 is 0. The fraction of sp³-hybridized carbons (Fsp3) is 0.545.